The molecule has 0 saturated carbocycles. The third-order valence-corrected chi connectivity index (χ3v) is 2.91. The molecule has 4 heteroatoms. The molecular formula is C15H18FN3. The highest BCUT2D eigenvalue weighted by Gasteiger charge is 2.06. The van der Waals surface area contributed by atoms with Gasteiger partial charge in [0.2, 0.25) is 0 Å². The molecule has 0 atom stereocenters. The van der Waals surface area contributed by atoms with Gasteiger partial charge >= 0.3 is 0 Å². The molecule has 0 aliphatic heterocycles. The molecule has 1 heterocycles. The predicted molar refractivity (Wildman–Crippen MR) is 76.9 cm³/mol. The van der Waals surface area contributed by atoms with Gasteiger partial charge in [0.25, 0.3) is 0 Å². The van der Waals surface area contributed by atoms with E-state index >= 15 is 0 Å². The fourth-order valence-electron chi connectivity index (χ4n) is 1.91. The third-order valence-electron chi connectivity index (χ3n) is 2.91. The maximum Gasteiger partial charge on any atom is 0.128 e. The van der Waals surface area contributed by atoms with Crippen LogP contribution in [0, 0.1) is 5.82 Å². The Labute approximate surface area is 113 Å². The number of rotatable bonds is 5. The summed E-state index contributed by atoms with van der Waals surface area (Å²) in [6.07, 6.45) is 3.56. The number of anilines is 2. The summed E-state index contributed by atoms with van der Waals surface area (Å²) in [5, 5.41) is 3.21. The average molecular weight is 259 g/mol. The number of pyridine rings is 1. The highest BCUT2D eigenvalue weighted by molar-refractivity contribution is 5.55. The van der Waals surface area contributed by atoms with E-state index in [1.54, 1.807) is 24.5 Å². The highest BCUT2D eigenvalue weighted by Crippen LogP contribution is 2.19. The Balaban J connectivity index is 2.13. The molecule has 1 aromatic heterocycles. The maximum absolute atomic E-state index is 13.6. The van der Waals surface area contributed by atoms with E-state index < -0.39 is 0 Å². The van der Waals surface area contributed by atoms with Crippen molar-refractivity contribution in [2.75, 3.05) is 23.8 Å². The number of nitrogens with one attached hydrogen (secondary N) is 1. The lowest BCUT2D eigenvalue weighted by Gasteiger charge is -2.20. The monoisotopic (exact) mass is 259 g/mol. The SMILES string of the molecule is CCNc1cncc(N(C)Cc2ccccc2F)c1. The summed E-state index contributed by atoms with van der Waals surface area (Å²) in [6, 6.07) is 8.84. The van der Waals surface area contributed by atoms with Crippen molar-refractivity contribution in [2.45, 2.75) is 13.5 Å². The van der Waals surface area contributed by atoms with Gasteiger partial charge in [-0.15, -0.1) is 0 Å². The molecule has 0 fully saturated rings. The van der Waals surface area contributed by atoms with Gasteiger partial charge < -0.3 is 10.2 Å². The van der Waals surface area contributed by atoms with Gasteiger partial charge in [-0.3, -0.25) is 4.98 Å². The van der Waals surface area contributed by atoms with Crippen LogP contribution in [0.5, 0.6) is 0 Å². The minimum Gasteiger partial charge on any atom is -0.384 e. The van der Waals surface area contributed by atoms with Gasteiger partial charge in [-0.05, 0) is 19.1 Å². The Morgan fingerprint density at radius 1 is 1.26 bits per heavy atom. The summed E-state index contributed by atoms with van der Waals surface area (Å²) in [4.78, 5) is 6.17. The van der Waals surface area contributed by atoms with E-state index in [0.717, 1.165) is 17.9 Å². The normalized spacial score (nSPS) is 10.3. The van der Waals surface area contributed by atoms with E-state index in [2.05, 4.69) is 10.3 Å². The smallest absolute Gasteiger partial charge is 0.128 e. The molecule has 2 rings (SSSR count). The molecule has 0 bridgehead atoms. The largest absolute Gasteiger partial charge is 0.384 e. The topological polar surface area (TPSA) is 28.2 Å². The lowest BCUT2D eigenvalue weighted by atomic mass is 10.2. The fourth-order valence-corrected chi connectivity index (χ4v) is 1.91. The summed E-state index contributed by atoms with van der Waals surface area (Å²) in [6.45, 7) is 3.40. The molecular weight excluding hydrogens is 241 g/mol. The third kappa shape index (κ3) is 3.44. The van der Waals surface area contributed by atoms with Crippen molar-refractivity contribution in [3.63, 3.8) is 0 Å². The van der Waals surface area contributed by atoms with Gasteiger partial charge in [0.15, 0.2) is 0 Å². The van der Waals surface area contributed by atoms with Crippen LogP contribution in [0.3, 0.4) is 0 Å². The molecule has 2 aromatic rings. The first-order valence-electron chi connectivity index (χ1n) is 6.34. The minimum atomic E-state index is -0.176. The van der Waals surface area contributed by atoms with Gasteiger partial charge in [0, 0.05) is 25.7 Å². The number of aromatic nitrogens is 1. The van der Waals surface area contributed by atoms with E-state index in [0.29, 0.717) is 12.1 Å². The van der Waals surface area contributed by atoms with Gasteiger partial charge in [-0.25, -0.2) is 4.39 Å². The second-order valence-corrected chi connectivity index (χ2v) is 4.41. The van der Waals surface area contributed by atoms with Crippen molar-refractivity contribution in [1.29, 1.82) is 0 Å². The van der Waals surface area contributed by atoms with E-state index in [4.69, 9.17) is 0 Å². The van der Waals surface area contributed by atoms with E-state index in [-0.39, 0.29) is 5.82 Å². The first kappa shape index (κ1) is 13.3. The highest BCUT2D eigenvalue weighted by atomic mass is 19.1. The summed E-state index contributed by atoms with van der Waals surface area (Å²) in [5.41, 5.74) is 2.61. The van der Waals surface area contributed by atoms with Crippen molar-refractivity contribution in [2.24, 2.45) is 0 Å². The number of hydrogen-bond donors (Lipinski definition) is 1. The predicted octanol–water partition coefficient (Wildman–Crippen LogP) is 3.29. The lowest BCUT2D eigenvalue weighted by molar-refractivity contribution is 0.608. The zero-order chi connectivity index (χ0) is 13.7. The molecule has 0 amide bonds. The Morgan fingerprint density at radius 3 is 2.79 bits per heavy atom. The van der Waals surface area contributed by atoms with Gasteiger partial charge in [0.1, 0.15) is 5.82 Å². The average Bonchev–Trinajstić information content (AvgIpc) is 2.42. The molecule has 0 aliphatic rings. The van der Waals surface area contributed by atoms with Gasteiger partial charge in [0.05, 0.1) is 23.8 Å². The Bertz CT molecular complexity index is 542. The zero-order valence-corrected chi connectivity index (χ0v) is 11.2. The number of nitrogens with zero attached hydrogens (tertiary/aromatic N) is 2. The van der Waals surface area contributed by atoms with E-state index in [1.807, 2.05) is 31.0 Å². The van der Waals surface area contributed by atoms with E-state index in [9.17, 15) is 4.39 Å². The maximum atomic E-state index is 13.6. The summed E-state index contributed by atoms with van der Waals surface area (Å²) >= 11 is 0. The first-order valence-corrected chi connectivity index (χ1v) is 6.34. The molecule has 3 nitrogen and oxygen atoms in total. The second-order valence-electron chi connectivity index (χ2n) is 4.41. The summed E-state index contributed by atoms with van der Waals surface area (Å²) in [5.74, 6) is -0.176. The second kappa shape index (κ2) is 6.18. The van der Waals surface area contributed by atoms with E-state index in [1.165, 1.54) is 6.07 Å². The van der Waals surface area contributed by atoms with Crippen molar-refractivity contribution in [3.8, 4) is 0 Å². The molecule has 1 N–H and O–H groups in total. The molecule has 1 aromatic carbocycles. The van der Waals surface area contributed by atoms with Crippen LogP contribution in [0.4, 0.5) is 15.8 Å². The van der Waals surface area contributed by atoms with Crippen LogP contribution in [-0.2, 0) is 6.54 Å². The lowest BCUT2D eigenvalue weighted by Crippen LogP contribution is -2.17. The van der Waals surface area contributed by atoms with Crippen LogP contribution in [0.2, 0.25) is 0 Å². The standard InChI is InChI=1S/C15H18FN3/c1-3-18-13-8-14(10-17-9-13)19(2)11-12-6-4-5-7-15(12)16/h4-10,18H,3,11H2,1-2H3. The van der Waals surface area contributed by atoms with Gasteiger partial charge in [-0.2, -0.15) is 0 Å². The molecule has 0 saturated heterocycles. The number of benzene rings is 1. The van der Waals surface area contributed by atoms with Crippen LogP contribution in [0.15, 0.2) is 42.7 Å². The molecule has 0 radical (unpaired) electrons. The number of halogens is 1. The van der Waals surface area contributed by atoms with Crippen molar-refractivity contribution < 1.29 is 4.39 Å². The molecule has 0 unspecified atom stereocenters. The van der Waals surface area contributed by atoms with Crippen LogP contribution < -0.4 is 10.2 Å². The summed E-state index contributed by atoms with van der Waals surface area (Å²) in [7, 11) is 1.93. The van der Waals surface area contributed by atoms with Crippen LogP contribution >= 0.6 is 0 Å². The Kier molecular flexibility index (Phi) is 4.34. The minimum absolute atomic E-state index is 0.176. The van der Waals surface area contributed by atoms with Crippen molar-refractivity contribution in [1.82, 2.24) is 4.98 Å². The molecule has 19 heavy (non-hydrogen) atoms. The Morgan fingerprint density at radius 2 is 2.05 bits per heavy atom. The van der Waals surface area contributed by atoms with Gasteiger partial charge in [-0.1, -0.05) is 18.2 Å². The molecule has 0 spiro atoms. The Hall–Kier alpha value is -2.10. The fraction of sp³-hybridized carbons (Fsp3) is 0.267. The molecule has 100 valence electrons. The summed E-state index contributed by atoms with van der Waals surface area (Å²) < 4.78 is 13.6. The van der Waals surface area contributed by atoms with Crippen molar-refractivity contribution >= 4 is 11.4 Å². The zero-order valence-electron chi connectivity index (χ0n) is 11.2. The van der Waals surface area contributed by atoms with Crippen LogP contribution in [-0.4, -0.2) is 18.6 Å². The first-order chi connectivity index (χ1) is 9.20. The number of hydrogen-bond acceptors (Lipinski definition) is 3. The van der Waals surface area contributed by atoms with Crippen LogP contribution in [0.25, 0.3) is 0 Å². The van der Waals surface area contributed by atoms with Crippen molar-refractivity contribution in [3.05, 3.63) is 54.1 Å². The quantitative estimate of drug-likeness (QED) is 0.893. The molecule has 0 aliphatic carbocycles. The van der Waals surface area contributed by atoms with Crippen LogP contribution in [0.1, 0.15) is 12.5 Å².